The highest BCUT2D eigenvalue weighted by molar-refractivity contribution is 9.10. The van der Waals surface area contributed by atoms with Gasteiger partial charge >= 0.3 is 0 Å². The zero-order valence-electron chi connectivity index (χ0n) is 18.4. The first-order chi connectivity index (χ1) is 14.8. The average molecular weight is 503 g/mol. The molecule has 1 saturated heterocycles. The number of carbonyl (C=O) groups is 1. The van der Waals surface area contributed by atoms with E-state index < -0.39 is 0 Å². The molecule has 0 saturated carbocycles. The molecule has 2 aromatic rings. The Morgan fingerprint density at radius 3 is 2.45 bits per heavy atom. The van der Waals surface area contributed by atoms with Crippen molar-refractivity contribution in [3.05, 3.63) is 63.0 Å². The second-order valence-corrected chi connectivity index (χ2v) is 9.55. The van der Waals surface area contributed by atoms with Crippen LogP contribution in [-0.4, -0.2) is 35.2 Å². The number of hydrogen-bond donors (Lipinski definition) is 0. The van der Waals surface area contributed by atoms with Gasteiger partial charge in [0.25, 0.3) is 5.91 Å². The molecule has 0 aliphatic carbocycles. The van der Waals surface area contributed by atoms with Gasteiger partial charge in [-0.15, -0.1) is 0 Å². The molecule has 1 heterocycles. The lowest BCUT2D eigenvalue weighted by Crippen LogP contribution is -2.35. The third kappa shape index (κ3) is 5.71. The van der Waals surface area contributed by atoms with E-state index in [2.05, 4.69) is 20.9 Å². The van der Waals surface area contributed by atoms with E-state index in [1.807, 2.05) is 76.2 Å². The van der Waals surface area contributed by atoms with Gasteiger partial charge in [-0.3, -0.25) is 14.7 Å². The number of methoxy groups -OCH3 is 1. The zero-order valence-corrected chi connectivity index (χ0v) is 20.8. The summed E-state index contributed by atoms with van der Waals surface area (Å²) in [7, 11) is 1.61. The molecule has 164 valence electrons. The van der Waals surface area contributed by atoms with Crippen LogP contribution in [0.2, 0.25) is 0 Å². The second-order valence-electron chi connectivity index (χ2n) is 7.68. The molecule has 0 bridgehead atoms. The number of rotatable bonds is 7. The topological polar surface area (TPSA) is 51.1 Å². The van der Waals surface area contributed by atoms with Gasteiger partial charge in [-0.25, -0.2) is 0 Å². The van der Waals surface area contributed by atoms with Crippen LogP contribution in [0.5, 0.6) is 11.5 Å². The standard InChI is InChI=1S/C24H27BrN2O3S/c1-15(2)26-24-27(16(3)4)23(28)22(31-24)12-18-11-20(29-5)21(13-19(18)25)30-14-17-9-7-6-8-10-17/h6-13,15-16H,14H2,1-5H3/b22-12+,26-24?. The molecule has 1 fully saturated rings. The highest BCUT2D eigenvalue weighted by atomic mass is 79.9. The molecule has 7 heteroatoms. The summed E-state index contributed by atoms with van der Waals surface area (Å²) in [5.41, 5.74) is 1.92. The summed E-state index contributed by atoms with van der Waals surface area (Å²) in [6.45, 7) is 8.45. The van der Waals surface area contributed by atoms with E-state index in [0.717, 1.165) is 20.8 Å². The van der Waals surface area contributed by atoms with E-state index in [1.54, 1.807) is 12.0 Å². The van der Waals surface area contributed by atoms with Gasteiger partial charge < -0.3 is 9.47 Å². The van der Waals surface area contributed by atoms with Gasteiger partial charge in [0, 0.05) is 16.6 Å². The second kappa shape index (κ2) is 10.4. The van der Waals surface area contributed by atoms with E-state index >= 15 is 0 Å². The van der Waals surface area contributed by atoms with Gasteiger partial charge in [0.05, 0.1) is 12.0 Å². The molecule has 0 radical (unpaired) electrons. The highest BCUT2D eigenvalue weighted by Gasteiger charge is 2.35. The first-order valence-electron chi connectivity index (χ1n) is 10.1. The summed E-state index contributed by atoms with van der Waals surface area (Å²) < 4.78 is 12.3. The summed E-state index contributed by atoms with van der Waals surface area (Å²) in [4.78, 5) is 20.0. The van der Waals surface area contributed by atoms with Gasteiger partial charge in [0.2, 0.25) is 0 Å². The van der Waals surface area contributed by atoms with E-state index in [-0.39, 0.29) is 18.0 Å². The van der Waals surface area contributed by atoms with E-state index in [9.17, 15) is 4.79 Å². The number of nitrogens with zero attached hydrogens (tertiary/aromatic N) is 2. The van der Waals surface area contributed by atoms with Gasteiger partial charge in [-0.1, -0.05) is 46.3 Å². The van der Waals surface area contributed by atoms with Gasteiger partial charge in [0.15, 0.2) is 16.7 Å². The molecule has 5 nitrogen and oxygen atoms in total. The maximum atomic E-state index is 13.0. The minimum absolute atomic E-state index is 0.0327. The number of thioether (sulfide) groups is 1. The molecule has 0 N–H and O–H groups in total. The molecule has 0 atom stereocenters. The first kappa shape index (κ1) is 23.4. The molecule has 0 unspecified atom stereocenters. The monoisotopic (exact) mass is 502 g/mol. The Hall–Kier alpha value is -2.25. The lowest BCUT2D eigenvalue weighted by Gasteiger charge is -2.20. The molecular weight excluding hydrogens is 476 g/mol. The van der Waals surface area contributed by atoms with Crippen LogP contribution in [0.1, 0.15) is 38.8 Å². The molecular formula is C24H27BrN2O3S. The van der Waals surface area contributed by atoms with Crippen LogP contribution in [0.25, 0.3) is 6.08 Å². The SMILES string of the molecule is COc1cc(/C=C2/SC(=NC(C)C)N(C(C)C)C2=O)c(Br)cc1OCc1ccccc1. The van der Waals surface area contributed by atoms with Crippen LogP contribution in [0.4, 0.5) is 0 Å². The Morgan fingerprint density at radius 1 is 1.13 bits per heavy atom. The molecule has 1 aliphatic rings. The number of amidine groups is 1. The van der Waals surface area contributed by atoms with Crippen molar-refractivity contribution in [1.29, 1.82) is 0 Å². The number of ether oxygens (including phenoxy) is 2. The smallest absolute Gasteiger partial charge is 0.266 e. The number of carbonyl (C=O) groups excluding carboxylic acids is 1. The Kier molecular flexibility index (Phi) is 7.84. The fourth-order valence-electron chi connectivity index (χ4n) is 3.06. The minimum atomic E-state index is -0.0327. The Labute approximate surface area is 196 Å². The number of aliphatic imine (C=N–C) groups is 1. The summed E-state index contributed by atoms with van der Waals surface area (Å²) in [6.07, 6.45) is 1.87. The van der Waals surface area contributed by atoms with Crippen LogP contribution >= 0.6 is 27.7 Å². The summed E-state index contributed by atoms with van der Waals surface area (Å²) in [5.74, 6) is 1.21. The average Bonchev–Trinajstić information content (AvgIpc) is 3.02. The summed E-state index contributed by atoms with van der Waals surface area (Å²) in [6, 6.07) is 13.9. The molecule has 0 spiro atoms. The van der Waals surface area contributed by atoms with Crippen molar-refractivity contribution in [2.75, 3.05) is 7.11 Å². The third-order valence-corrected chi connectivity index (χ3v) is 6.21. The largest absolute Gasteiger partial charge is 0.493 e. The lowest BCUT2D eigenvalue weighted by molar-refractivity contribution is -0.123. The fraction of sp³-hybridized carbons (Fsp3) is 0.333. The number of hydrogen-bond acceptors (Lipinski definition) is 5. The van der Waals surface area contributed by atoms with Gasteiger partial charge in [-0.2, -0.15) is 0 Å². The third-order valence-electron chi connectivity index (χ3n) is 4.53. The number of amides is 1. The molecule has 2 aromatic carbocycles. The van der Waals surface area contributed by atoms with Crippen LogP contribution in [-0.2, 0) is 11.4 Å². The van der Waals surface area contributed by atoms with Crippen molar-refractivity contribution in [1.82, 2.24) is 4.90 Å². The van der Waals surface area contributed by atoms with Crippen LogP contribution in [0.3, 0.4) is 0 Å². The number of benzene rings is 2. The fourth-order valence-corrected chi connectivity index (χ4v) is 4.72. The molecule has 1 aliphatic heterocycles. The maximum Gasteiger partial charge on any atom is 0.266 e. The maximum absolute atomic E-state index is 13.0. The highest BCUT2D eigenvalue weighted by Crippen LogP contribution is 2.39. The summed E-state index contributed by atoms with van der Waals surface area (Å²) in [5, 5.41) is 0.743. The Bertz CT molecular complexity index is 1000. The molecule has 1 amide bonds. The predicted octanol–water partition coefficient (Wildman–Crippen LogP) is 6.13. The van der Waals surface area contributed by atoms with Crippen molar-refractivity contribution in [2.45, 2.75) is 46.4 Å². The van der Waals surface area contributed by atoms with Crippen LogP contribution in [0, 0.1) is 0 Å². The van der Waals surface area contributed by atoms with Gasteiger partial charge in [0.1, 0.15) is 6.61 Å². The Balaban J connectivity index is 1.89. The van der Waals surface area contributed by atoms with Crippen molar-refractivity contribution in [3.8, 4) is 11.5 Å². The molecule has 31 heavy (non-hydrogen) atoms. The van der Waals surface area contributed by atoms with Crippen molar-refractivity contribution in [3.63, 3.8) is 0 Å². The van der Waals surface area contributed by atoms with Gasteiger partial charge in [-0.05, 0) is 68.8 Å². The van der Waals surface area contributed by atoms with E-state index in [4.69, 9.17) is 9.47 Å². The number of halogens is 1. The van der Waals surface area contributed by atoms with Crippen molar-refractivity contribution < 1.29 is 14.3 Å². The quantitative estimate of drug-likeness (QED) is 0.427. The minimum Gasteiger partial charge on any atom is -0.493 e. The first-order valence-corrected chi connectivity index (χ1v) is 11.8. The molecule has 0 aromatic heterocycles. The normalized spacial score (nSPS) is 16.8. The van der Waals surface area contributed by atoms with Crippen molar-refractivity contribution >= 4 is 44.8 Å². The lowest BCUT2D eigenvalue weighted by atomic mass is 10.1. The van der Waals surface area contributed by atoms with E-state index in [1.165, 1.54) is 11.8 Å². The van der Waals surface area contributed by atoms with E-state index in [0.29, 0.717) is 23.0 Å². The predicted molar refractivity (Wildman–Crippen MR) is 132 cm³/mol. The Morgan fingerprint density at radius 2 is 1.84 bits per heavy atom. The zero-order chi connectivity index (χ0) is 22.5. The van der Waals surface area contributed by atoms with Crippen molar-refractivity contribution in [2.24, 2.45) is 4.99 Å². The van der Waals surface area contributed by atoms with Crippen LogP contribution in [0.15, 0.2) is 56.8 Å². The van der Waals surface area contributed by atoms with Crippen LogP contribution < -0.4 is 9.47 Å². The molecule has 3 rings (SSSR count). The summed E-state index contributed by atoms with van der Waals surface area (Å²) >= 11 is 5.03.